The molecule has 2 fully saturated rings. The monoisotopic (exact) mass is 408 g/mol. The Bertz CT molecular complexity index is 965. The molecule has 2 aliphatic heterocycles. The van der Waals surface area contributed by atoms with Crippen molar-refractivity contribution in [2.75, 3.05) is 13.2 Å². The van der Waals surface area contributed by atoms with Crippen LogP contribution >= 0.6 is 0 Å². The van der Waals surface area contributed by atoms with E-state index in [2.05, 4.69) is 5.32 Å². The van der Waals surface area contributed by atoms with Crippen molar-refractivity contribution in [3.8, 4) is 0 Å². The van der Waals surface area contributed by atoms with Gasteiger partial charge in [-0.2, -0.15) is 0 Å². The number of benzene rings is 2. The Hall–Kier alpha value is -2.73. The first-order chi connectivity index (χ1) is 14.5. The van der Waals surface area contributed by atoms with Crippen LogP contribution in [0.25, 0.3) is 10.8 Å². The summed E-state index contributed by atoms with van der Waals surface area (Å²) in [5, 5.41) is 4.80. The number of likely N-dealkylation sites (tertiary alicyclic amines) is 1. The molecule has 0 radical (unpaired) electrons. The van der Waals surface area contributed by atoms with Gasteiger partial charge in [0.25, 0.3) is 5.91 Å². The van der Waals surface area contributed by atoms with Crippen LogP contribution in [0, 0.1) is 5.92 Å². The second kappa shape index (κ2) is 8.56. The maximum atomic E-state index is 13.5. The number of nitrogens with one attached hydrogen (secondary N) is 1. The lowest BCUT2D eigenvalue weighted by atomic mass is 9.94. The SMILES string of the molecule is CC(C)CC(NC(=O)c1cccc2ccccc12)C(=O)N1CCCC2OCC(=O)C21. The molecule has 158 valence electrons. The molecule has 2 heterocycles. The number of ether oxygens (including phenoxy) is 1. The molecular formula is C24H28N2O4. The number of carbonyl (C=O) groups excluding carboxylic acids is 3. The summed E-state index contributed by atoms with van der Waals surface area (Å²) in [5.41, 5.74) is 0.548. The van der Waals surface area contributed by atoms with Crippen LogP contribution in [0.15, 0.2) is 42.5 Å². The summed E-state index contributed by atoms with van der Waals surface area (Å²) in [7, 11) is 0. The van der Waals surface area contributed by atoms with Gasteiger partial charge in [0.2, 0.25) is 5.91 Å². The second-order valence-corrected chi connectivity index (χ2v) is 8.62. The third-order valence-electron chi connectivity index (χ3n) is 5.97. The van der Waals surface area contributed by atoms with Crippen molar-refractivity contribution in [2.45, 2.75) is 51.3 Å². The molecule has 0 saturated carbocycles. The number of nitrogens with zero attached hydrogens (tertiary/aromatic N) is 1. The van der Waals surface area contributed by atoms with Gasteiger partial charge >= 0.3 is 0 Å². The number of carbonyl (C=O) groups is 3. The lowest BCUT2D eigenvalue weighted by Crippen LogP contribution is -2.58. The minimum atomic E-state index is -0.677. The van der Waals surface area contributed by atoms with Crippen LogP contribution in [-0.2, 0) is 14.3 Å². The average molecular weight is 408 g/mol. The molecule has 0 bridgehead atoms. The van der Waals surface area contributed by atoms with Crippen LogP contribution in [0.1, 0.15) is 43.5 Å². The molecular weight excluding hydrogens is 380 g/mol. The van der Waals surface area contributed by atoms with E-state index in [0.29, 0.717) is 18.5 Å². The van der Waals surface area contributed by atoms with Crippen LogP contribution in [0.4, 0.5) is 0 Å². The second-order valence-electron chi connectivity index (χ2n) is 8.62. The third-order valence-corrected chi connectivity index (χ3v) is 5.97. The molecule has 6 heteroatoms. The summed E-state index contributed by atoms with van der Waals surface area (Å²) < 4.78 is 5.58. The summed E-state index contributed by atoms with van der Waals surface area (Å²) in [6.45, 7) is 4.63. The molecule has 30 heavy (non-hydrogen) atoms. The molecule has 6 nitrogen and oxygen atoms in total. The third kappa shape index (κ3) is 3.97. The molecule has 2 aliphatic rings. The molecule has 4 rings (SSSR count). The standard InChI is InChI=1S/C24H28N2O4/c1-15(2)13-19(24(29)26-12-6-11-21-22(26)20(27)14-30-21)25-23(28)18-10-5-8-16-7-3-4-9-17(16)18/h3-5,7-10,15,19,21-22H,6,11-14H2,1-2H3,(H,25,28). The lowest BCUT2D eigenvalue weighted by Gasteiger charge is -2.37. The van der Waals surface area contributed by atoms with Crippen LogP contribution in [0.2, 0.25) is 0 Å². The number of hydrogen-bond acceptors (Lipinski definition) is 4. The maximum Gasteiger partial charge on any atom is 0.252 e. The van der Waals surface area contributed by atoms with Crippen molar-refractivity contribution >= 4 is 28.4 Å². The molecule has 0 spiro atoms. The van der Waals surface area contributed by atoms with Crippen molar-refractivity contribution in [1.29, 1.82) is 0 Å². The van der Waals surface area contributed by atoms with Gasteiger partial charge in [-0.3, -0.25) is 14.4 Å². The van der Waals surface area contributed by atoms with E-state index in [4.69, 9.17) is 4.74 Å². The zero-order valence-corrected chi connectivity index (χ0v) is 17.5. The fraction of sp³-hybridized carbons (Fsp3) is 0.458. The van der Waals surface area contributed by atoms with Crippen LogP contribution in [-0.4, -0.2) is 53.8 Å². The molecule has 0 aromatic heterocycles. The van der Waals surface area contributed by atoms with Gasteiger partial charge in [0.1, 0.15) is 18.7 Å². The van der Waals surface area contributed by atoms with E-state index in [0.717, 1.165) is 23.6 Å². The topological polar surface area (TPSA) is 75.7 Å². The van der Waals surface area contributed by atoms with Gasteiger partial charge < -0.3 is 15.0 Å². The predicted molar refractivity (Wildman–Crippen MR) is 114 cm³/mol. The van der Waals surface area contributed by atoms with Crippen LogP contribution in [0.3, 0.4) is 0 Å². The van der Waals surface area contributed by atoms with Gasteiger partial charge in [-0.05, 0) is 42.0 Å². The van der Waals surface area contributed by atoms with Gasteiger partial charge in [0, 0.05) is 12.1 Å². The average Bonchev–Trinajstić information content (AvgIpc) is 3.13. The highest BCUT2D eigenvalue weighted by Crippen LogP contribution is 2.27. The number of amides is 2. The van der Waals surface area contributed by atoms with Gasteiger partial charge in [-0.25, -0.2) is 0 Å². The normalized spacial score (nSPS) is 22.2. The number of piperidine rings is 1. The first-order valence-corrected chi connectivity index (χ1v) is 10.7. The van der Waals surface area contributed by atoms with Crippen molar-refractivity contribution < 1.29 is 19.1 Å². The number of hydrogen-bond donors (Lipinski definition) is 1. The van der Waals surface area contributed by atoms with Crippen molar-refractivity contribution in [1.82, 2.24) is 10.2 Å². The highest BCUT2D eigenvalue weighted by molar-refractivity contribution is 6.08. The predicted octanol–water partition coefficient (Wildman–Crippen LogP) is 2.94. The number of fused-ring (bicyclic) bond motifs is 2. The zero-order chi connectivity index (χ0) is 21.3. The Kier molecular flexibility index (Phi) is 5.86. The highest BCUT2D eigenvalue weighted by Gasteiger charge is 2.45. The molecule has 2 amide bonds. The maximum absolute atomic E-state index is 13.5. The Morgan fingerprint density at radius 1 is 1.17 bits per heavy atom. The van der Waals surface area contributed by atoms with Crippen molar-refractivity contribution in [3.05, 3.63) is 48.0 Å². The summed E-state index contributed by atoms with van der Waals surface area (Å²) in [4.78, 5) is 40.6. The van der Waals surface area contributed by atoms with Crippen LogP contribution < -0.4 is 5.32 Å². The Balaban J connectivity index is 1.58. The minimum absolute atomic E-state index is 0.0447. The molecule has 2 saturated heterocycles. The zero-order valence-electron chi connectivity index (χ0n) is 17.5. The van der Waals surface area contributed by atoms with Crippen LogP contribution in [0.5, 0.6) is 0 Å². The van der Waals surface area contributed by atoms with E-state index >= 15 is 0 Å². The summed E-state index contributed by atoms with van der Waals surface area (Å²) in [6.07, 6.45) is 1.88. The number of ketones is 1. The summed E-state index contributed by atoms with van der Waals surface area (Å²) >= 11 is 0. The molecule has 2 aromatic carbocycles. The van der Waals surface area contributed by atoms with Crippen molar-refractivity contribution in [2.24, 2.45) is 5.92 Å². The first kappa shape index (κ1) is 20.5. The highest BCUT2D eigenvalue weighted by atomic mass is 16.5. The lowest BCUT2D eigenvalue weighted by molar-refractivity contribution is -0.142. The molecule has 0 aliphatic carbocycles. The Morgan fingerprint density at radius 2 is 1.93 bits per heavy atom. The molecule has 3 unspecified atom stereocenters. The van der Waals surface area contributed by atoms with Gasteiger partial charge in [-0.1, -0.05) is 50.2 Å². The number of rotatable bonds is 5. The Morgan fingerprint density at radius 3 is 2.73 bits per heavy atom. The van der Waals surface area contributed by atoms with E-state index in [1.165, 1.54) is 0 Å². The summed E-state index contributed by atoms with van der Waals surface area (Å²) in [5.74, 6) is -0.293. The van der Waals surface area contributed by atoms with E-state index in [1.54, 1.807) is 11.0 Å². The number of Topliss-reactive ketones (excluding diaryl/α,β-unsaturated/α-hetero) is 1. The molecule has 3 atom stereocenters. The van der Waals surface area contributed by atoms with Crippen molar-refractivity contribution in [3.63, 3.8) is 0 Å². The fourth-order valence-corrected chi connectivity index (χ4v) is 4.59. The van der Waals surface area contributed by atoms with E-state index in [-0.39, 0.29) is 36.2 Å². The smallest absolute Gasteiger partial charge is 0.252 e. The van der Waals surface area contributed by atoms with E-state index < -0.39 is 12.1 Å². The fourth-order valence-electron chi connectivity index (χ4n) is 4.59. The van der Waals surface area contributed by atoms with Gasteiger partial charge in [0.15, 0.2) is 5.78 Å². The van der Waals surface area contributed by atoms with E-state index in [1.807, 2.05) is 50.2 Å². The van der Waals surface area contributed by atoms with E-state index in [9.17, 15) is 14.4 Å². The Labute approximate surface area is 176 Å². The quantitative estimate of drug-likeness (QED) is 0.825. The van der Waals surface area contributed by atoms with Gasteiger partial charge in [-0.15, -0.1) is 0 Å². The summed E-state index contributed by atoms with van der Waals surface area (Å²) in [6, 6.07) is 12.1. The molecule has 1 N–H and O–H groups in total. The van der Waals surface area contributed by atoms with Gasteiger partial charge in [0.05, 0.1) is 6.10 Å². The largest absolute Gasteiger partial charge is 0.368 e. The first-order valence-electron chi connectivity index (χ1n) is 10.7. The molecule has 2 aromatic rings. The minimum Gasteiger partial charge on any atom is -0.368 e.